The maximum atomic E-state index is 12.5. The number of anilines is 2. The Morgan fingerprint density at radius 3 is 2.35 bits per heavy atom. The number of nitrogens with two attached hydrogens (primary N) is 1. The zero-order valence-corrected chi connectivity index (χ0v) is 14.5. The van der Waals surface area contributed by atoms with Crippen LogP contribution in [0.3, 0.4) is 0 Å². The first kappa shape index (κ1) is 16.5. The normalized spacial score (nSPS) is 14.6. The van der Waals surface area contributed by atoms with Crippen LogP contribution in [0.4, 0.5) is 11.5 Å². The van der Waals surface area contributed by atoms with Crippen molar-refractivity contribution in [3.05, 3.63) is 59.8 Å². The number of rotatable bonds is 4. The molecule has 26 heavy (non-hydrogen) atoms. The number of nitrogens with zero attached hydrogens (tertiary/aromatic N) is 3. The van der Waals surface area contributed by atoms with Crippen molar-refractivity contribution in [2.75, 3.05) is 24.1 Å². The van der Waals surface area contributed by atoms with Crippen molar-refractivity contribution in [2.45, 2.75) is 19.4 Å². The van der Waals surface area contributed by atoms with Gasteiger partial charge >= 0.3 is 0 Å². The van der Waals surface area contributed by atoms with Gasteiger partial charge in [-0.1, -0.05) is 24.3 Å². The Hall–Kier alpha value is -2.99. The Morgan fingerprint density at radius 2 is 1.65 bits per heavy atom. The number of carbonyl (C=O) groups excluding carboxylic acids is 1. The van der Waals surface area contributed by atoms with E-state index in [-0.39, 0.29) is 17.4 Å². The quantitative estimate of drug-likeness (QED) is 0.758. The molecule has 0 radical (unpaired) electrons. The van der Waals surface area contributed by atoms with Gasteiger partial charge in [-0.05, 0) is 55.8 Å². The molecule has 0 aliphatic carbocycles. The highest BCUT2D eigenvalue weighted by atomic mass is 16.1. The Bertz CT molecular complexity index is 933. The van der Waals surface area contributed by atoms with Crippen LogP contribution in [0.15, 0.2) is 48.5 Å². The van der Waals surface area contributed by atoms with Crippen LogP contribution in [0.5, 0.6) is 0 Å². The molecule has 0 unspecified atom stereocenters. The van der Waals surface area contributed by atoms with Gasteiger partial charge in [-0.15, -0.1) is 0 Å². The molecule has 0 atom stereocenters. The Balaban J connectivity index is 1.48. The molecule has 1 aliphatic heterocycles. The zero-order chi connectivity index (χ0) is 17.9. The topological polar surface area (TPSA) is 84.1 Å². The Kier molecular flexibility index (Phi) is 4.50. The number of aromatic nitrogens is 2. The summed E-state index contributed by atoms with van der Waals surface area (Å²) in [6.45, 7) is 3.29. The second kappa shape index (κ2) is 7.09. The van der Waals surface area contributed by atoms with Crippen LogP contribution >= 0.6 is 0 Å². The third kappa shape index (κ3) is 3.50. The van der Waals surface area contributed by atoms with Gasteiger partial charge in [0.05, 0.1) is 11.0 Å². The number of hydrogen-bond donors (Lipinski definition) is 2. The number of nitrogens with one attached hydrogen (secondary N) is 1. The van der Waals surface area contributed by atoms with Crippen molar-refractivity contribution in [3.8, 4) is 0 Å². The van der Waals surface area contributed by atoms with Crippen LogP contribution in [0.25, 0.3) is 11.0 Å². The number of nitrogen functional groups attached to an aromatic ring is 1. The van der Waals surface area contributed by atoms with E-state index in [0.29, 0.717) is 11.0 Å². The van der Waals surface area contributed by atoms with Crippen molar-refractivity contribution >= 4 is 28.4 Å². The van der Waals surface area contributed by atoms with Gasteiger partial charge in [0, 0.05) is 12.2 Å². The van der Waals surface area contributed by atoms with Crippen LogP contribution < -0.4 is 11.1 Å². The predicted octanol–water partition coefficient (Wildman–Crippen LogP) is 3.06. The minimum absolute atomic E-state index is 0.131. The van der Waals surface area contributed by atoms with Crippen molar-refractivity contribution in [3.63, 3.8) is 0 Å². The number of fused-ring (bicyclic) bond motifs is 1. The molecule has 2 aromatic carbocycles. The average Bonchev–Trinajstić information content (AvgIpc) is 3.16. The van der Waals surface area contributed by atoms with E-state index in [2.05, 4.69) is 20.2 Å². The fourth-order valence-electron chi connectivity index (χ4n) is 3.26. The summed E-state index contributed by atoms with van der Waals surface area (Å²) >= 11 is 0. The van der Waals surface area contributed by atoms with E-state index in [1.54, 1.807) is 0 Å². The summed E-state index contributed by atoms with van der Waals surface area (Å²) in [5, 5.41) is 2.85. The Morgan fingerprint density at radius 1 is 1.00 bits per heavy atom. The molecule has 132 valence electrons. The highest BCUT2D eigenvalue weighted by Crippen LogP contribution is 2.18. The maximum Gasteiger partial charge on any atom is 0.278 e. The lowest BCUT2D eigenvalue weighted by Gasteiger charge is -2.14. The molecule has 0 bridgehead atoms. The molecule has 3 N–H and O–H groups in total. The summed E-state index contributed by atoms with van der Waals surface area (Å²) in [5.41, 5.74) is 9.34. The van der Waals surface area contributed by atoms with Crippen molar-refractivity contribution in [1.82, 2.24) is 14.9 Å². The summed E-state index contributed by atoms with van der Waals surface area (Å²) in [5.74, 6) is -0.222. The zero-order valence-electron chi connectivity index (χ0n) is 14.5. The fraction of sp³-hybridized carbons (Fsp3) is 0.250. The standard InChI is InChI=1S/C20H21N5O/c21-19-18(23-16-5-1-2-6-17(16)24-19)20(26)22-15-9-7-14(8-10-15)13-25-11-3-4-12-25/h1-2,5-10H,3-4,11-13H2,(H2,21,24)(H,22,26). The first-order valence-electron chi connectivity index (χ1n) is 8.84. The van der Waals surface area contributed by atoms with Gasteiger partial charge in [-0.25, -0.2) is 9.97 Å². The smallest absolute Gasteiger partial charge is 0.278 e. The van der Waals surface area contributed by atoms with Gasteiger partial charge in [0.2, 0.25) is 0 Å². The molecule has 0 saturated carbocycles. The summed E-state index contributed by atoms with van der Waals surface area (Å²) < 4.78 is 0. The lowest BCUT2D eigenvalue weighted by atomic mass is 10.2. The van der Waals surface area contributed by atoms with Crippen LogP contribution in [-0.2, 0) is 6.54 Å². The summed E-state index contributed by atoms with van der Waals surface area (Å²) in [4.78, 5) is 23.6. The molecule has 6 heteroatoms. The molecule has 6 nitrogen and oxygen atoms in total. The first-order chi connectivity index (χ1) is 12.7. The minimum Gasteiger partial charge on any atom is -0.382 e. The molecular formula is C20H21N5O. The second-order valence-electron chi connectivity index (χ2n) is 6.58. The van der Waals surface area contributed by atoms with E-state index < -0.39 is 0 Å². The summed E-state index contributed by atoms with van der Waals surface area (Å²) in [6.07, 6.45) is 2.56. The predicted molar refractivity (Wildman–Crippen MR) is 103 cm³/mol. The SMILES string of the molecule is Nc1nc2ccccc2nc1C(=O)Nc1ccc(CN2CCCC2)cc1. The summed E-state index contributed by atoms with van der Waals surface area (Å²) in [7, 11) is 0. The van der Waals surface area contributed by atoms with E-state index in [1.165, 1.54) is 31.5 Å². The van der Waals surface area contributed by atoms with Crippen molar-refractivity contribution < 1.29 is 4.79 Å². The van der Waals surface area contributed by atoms with Gasteiger partial charge < -0.3 is 11.1 Å². The molecule has 0 spiro atoms. The van der Waals surface area contributed by atoms with Crippen LogP contribution in [-0.4, -0.2) is 33.9 Å². The molecule has 1 saturated heterocycles. The number of hydrogen-bond acceptors (Lipinski definition) is 5. The molecule has 1 aromatic heterocycles. The number of likely N-dealkylation sites (tertiary alicyclic amines) is 1. The van der Waals surface area contributed by atoms with Gasteiger partial charge in [0.1, 0.15) is 0 Å². The first-order valence-corrected chi connectivity index (χ1v) is 8.84. The number of carbonyl (C=O) groups is 1. The number of amides is 1. The van der Waals surface area contributed by atoms with E-state index in [0.717, 1.165) is 12.2 Å². The average molecular weight is 347 g/mol. The highest BCUT2D eigenvalue weighted by molar-refractivity contribution is 6.06. The molecule has 1 fully saturated rings. The molecular weight excluding hydrogens is 326 g/mol. The highest BCUT2D eigenvalue weighted by Gasteiger charge is 2.15. The number of para-hydroxylation sites is 2. The third-order valence-corrected chi connectivity index (χ3v) is 4.63. The molecule has 1 aliphatic rings. The van der Waals surface area contributed by atoms with Gasteiger partial charge in [0.15, 0.2) is 11.5 Å². The van der Waals surface area contributed by atoms with E-state index in [9.17, 15) is 4.79 Å². The van der Waals surface area contributed by atoms with E-state index >= 15 is 0 Å². The van der Waals surface area contributed by atoms with Crippen LogP contribution in [0.2, 0.25) is 0 Å². The lowest BCUT2D eigenvalue weighted by molar-refractivity contribution is 0.102. The van der Waals surface area contributed by atoms with Crippen LogP contribution in [0.1, 0.15) is 28.9 Å². The molecule has 3 aromatic rings. The maximum absolute atomic E-state index is 12.5. The summed E-state index contributed by atoms with van der Waals surface area (Å²) in [6, 6.07) is 15.3. The van der Waals surface area contributed by atoms with E-state index in [1.807, 2.05) is 48.5 Å². The minimum atomic E-state index is -0.354. The van der Waals surface area contributed by atoms with Gasteiger partial charge in [-0.2, -0.15) is 0 Å². The largest absolute Gasteiger partial charge is 0.382 e. The number of benzene rings is 2. The molecule has 1 amide bonds. The molecule has 2 heterocycles. The van der Waals surface area contributed by atoms with Crippen molar-refractivity contribution in [1.29, 1.82) is 0 Å². The fourth-order valence-corrected chi connectivity index (χ4v) is 3.26. The van der Waals surface area contributed by atoms with Gasteiger partial charge in [0.25, 0.3) is 5.91 Å². The third-order valence-electron chi connectivity index (χ3n) is 4.63. The van der Waals surface area contributed by atoms with Crippen LogP contribution in [0, 0.1) is 0 Å². The second-order valence-corrected chi connectivity index (χ2v) is 6.58. The van der Waals surface area contributed by atoms with Crippen molar-refractivity contribution in [2.24, 2.45) is 0 Å². The Labute approximate surface area is 152 Å². The monoisotopic (exact) mass is 347 g/mol. The lowest BCUT2D eigenvalue weighted by Crippen LogP contribution is -2.18. The van der Waals surface area contributed by atoms with E-state index in [4.69, 9.17) is 5.73 Å². The van der Waals surface area contributed by atoms with Gasteiger partial charge in [-0.3, -0.25) is 9.69 Å². The molecule has 4 rings (SSSR count).